The summed E-state index contributed by atoms with van der Waals surface area (Å²) in [6.45, 7) is 4.48. The van der Waals surface area contributed by atoms with Gasteiger partial charge in [0.05, 0.1) is 9.79 Å². The van der Waals surface area contributed by atoms with Gasteiger partial charge in [-0.2, -0.15) is 0 Å². The smallest absolute Gasteiger partial charge is 0.744 e. The van der Waals surface area contributed by atoms with Crippen LogP contribution in [0.15, 0.2) is 107 Å². The molecule has 332 valence electrons. The van der Waals surface area contributed by atoms with Gasteiger partial charge in [-0.15, -0.1) is 0 Å². The summed E-state index contributed by atoms with van der Waals surface area (Å²) in [5, 5.41) is 0. The van der Waals surface area contributed by atoms with E-state index in [2.05, 4.69) is 13.8 Å². The molecule has 4 rings (SSSR count). The van der Waals surface area contributed by atoms with Crippen LogP contribution in [0.2, 0.25) is 0 Å². The third-order valence-electron chi connectivity index (χ3n) is 10.7. The quantitative estimate of drug-likeness (QED) is 0.0287. The fourth-order valence-electron chi connectivity index (χ4n) is 7.33. The third kappa shape index (κ3) is 24.3. The molecule has 0 N–H and O–H groups in total. The number of benzene rings is 4. The summed E-state index contributed by atoms with van der Waals surface area (Å²) < 4.78 is 81.4. The number of rotatable bonds is 30. The van der Waals surface area contributed by atoms with Crippen molar-refractivity contribution in [1.29, 1.82) is 0 Å². The summed E-state index contributed by atoms with van der Waals surface area (Å²) in [6, 6.07) is 27.8. The zero-order chi connectivity index (χ0) is 43.3. The van der Waals surface area contributed by atoms with Crippen molar-refractivity contribution in [2.75, 3.05) is 0 Å². The number of hydrogen-bond donors (Lipinski definition) is 0. The van der Waals surface area contributed by atoms with Crippen molar-refractivity contribution in [3.8, 4) is 23.0 Å². The van der Waals surface area contributed by atoms with Crippen molar-refractivity contribution >= 4 is 58.0 Å². The monoisotopic (exact) mass is 902 g/mol. The van der Waals surface area contributed by atoms with Crippen LogP contribution in [0.25, 0.3) is 0 Å². The van der Waals surface area contributed by atoms with Crippen molar-refractivity contribution in [2.45, 2.75) is 178 Å². The van der Waals surface area contributed by atoms with Gasteiger partial charge in [0, 0.05) is 0 Å². The molecule has 0 saturated heterocycles. The van der Waals surface area contributed by atoms with E-state index in [1.807, 2.05) is 60.7 Å². The maximum atomic E-state index is 11.6. The van der Waals surface area contributed by atoms with Crippen LogP contribution in [-0.4, -0.2) is 63.7 Å². The molecule has 0 saturated carbocycles. The summed E-state index contributed by atoms with van der Waals surface area (Å²) in [6.07, 6.45) is 28.2. The Morgan fingerprint density at radius 2 is 0.656 bits per heavy atom. The maximum absolute atomic E-state index is 11.6. The minimum absolute atomic E-state index is 0. The van der Waals surface area contributed by atoms with E-state index in [0.717, 1.165) is 38.5 Å². The number of para-hydroxylation sites is 2. The van der Waals surface area contributed by atoms with Crippen LogP contribution in [0.4, 0.5) is 0 Å². The van der Waals surface area contributed by atoms with E-state index >= 15 is 0 Å². The minimum atomic E-state index is -4.49. The van der Waals surface area contributed by atoms with Crippen molar-refractivity contribution in [3.63, 3.8) is 0 Å². The van der Waals surface area contributed by atoms with Crippen molar-refractivity contribution in [2.24, 2.45) is 0 Å². The molecule has 61 heavy (non-hydrogen) atoms. The second kappa shape index (κ2) is 32.3. The Morgan fingerprint density at radius 3 is 0.934 bits per heavy atom. The van der Waals surface area contributed by atoms with E-state index in [4.69, 9.17) is 9.47 Å². The summed E-state index contributed by atoms with van der Waals surface area (Å²) in [7, 11) is -8.99. The molecule has 0 bridgehead atoms. The second-order valence-corrected chi connectivity index (χ2v) is 18.5. The summed E-state index contributed by atoms with van der Waals surface area (Å²) in [5.41, 5.74) is 1.10. The molecule has 0 radical (unpaired) electrons. The van der Waals surface area contributed by atoms with Crippen LogP contribution in [0, 0.1) is 0 Å². The molecule has 8 nitrogen and oxygen atoms in total. The molecule has 4 aromatic rings. The van der Waals surface area contributed by atoms with Crippen LogP contribution >= 0.6 is 0 Å². The molecule has 0 atom stereocenters. The van der Waals surface area contributed by atoms with Gasteiger partial charge in [0.2, 0.25) is 0 Å². The van der Waals surface area contributed by atoms with Crippen molar-refractivity contribution in [1.82, 2.24) is 0 Å². The fourth-order valence-corrected chi connectivity index (χ4v) is 8.76. The predicted octanol–water partition coefficient (Wildman–Crippen LogP) is 14.1. The number of aryl methyl sites for hydroxylation is 2. The van der Waals surface area contributed by atoms with Gasteiger partial charge in [-0.05, 0) is 97.5 Å². The third-order valence-corrected chi connectivity index (χ3v) is 12.5. The first-order valence-electron chi connectivity index (χ1n) is 22.6. The predicted molar refractivity (Wildman–Crippen MR) is 248 cm³/mol. The normalized spacial score (nSPS) is 11.3. The van der Waals surface area contributed by atoms with E-state index in [1.54, 1.807) is 24.3 Å². The zero-order valence-electron chi connectivity index (χ0n) is 37.0. The summed E-state index contributed by atoms with van der Waals surface area (Å²) >= 11 is 0. The maximum Gasteiger partial charge on any atom is 2.00 e. The molecule has 4 aromatic carbocycles. The molecule has 0 heterocycles. The van der Waals surface area contributed by atoms with Gasteiger partial charge in [-0.25, -0.2) is 16.8 Å². The van der Waals surface area contributed by atoms with Crippen LogP contribution in [-0.2, 0) is 33.1 Å². The first-order valence-corrected chi connectivity index (χ1v) is 25.5. The minimum Gasteiger partial charge on any atom is -0.744 e. The van der Waals surface area contributed by atoms with E-state index in [9.17, 15) is 25.9 Å². The van der Waals surface area contributed by atoms with Crippen LogP contribution in [0.1, 0.15) is 166 Å². The standard InChI is InChI=1S/2C25H36O4S.Ca/c2*1-2-3-4-5-6-7-8-9-10-11-13-16-22-21-24(19-20-25(22)30(26,27)28)29-23-17-14-12-15-18-23;/h2*12,14-15,17-21H,2-11,13,16H2,1H3,(H,26,27,28);/q;;+2/p-2. The zero-order valence-corrected chi connectivity index (χ0v) is 40.8. The molecule has 0 fully saturated rings. The number of unbranched alkanes of at least 4 members (excludes halogenated alkanes) is 20. The molecule has 0 spiro atoms. The van der Waals surface area contributed by atoms with Crippen LogP contribution in [0.5, 0.6) is 23.0 Å². The fraction of sp³-hybridized carbons (Fsp3) is 0.520. The largest absolute Gasteiger partial charge is 2.00 e. The summed E-state index contributed by atoms with van der Waals surface area (Å²) in [4.78, 5) is -0.259. The molecule has 0 aliphatic heterocycles. The average molecular weight is 903 g/mol. The van der Waals surface area contributed by atoms with Crippen LogP contribution < -0.4 is 9.47 Å². The van der Waals surface area contributed by atoms with E-state index in [0.29, 0.717) is 47.0 Å². The van der Waals surface area contributed by atoms with Gasteiger partial charge in [0.15, 0.2) is 0 Å². The van der Waals surface area contributed by atoms with E-state index in [1.165, 1.54) is 115 Å². The number of ether oxygens (including phenoxy) is 2. The van der Waals surface area contributed by atoms with Crippen molar-refractivity contribution < 1.29 is 35.4 Å². The van der Waals surface area contributed by atoms with Gasteiger partial charge in [0.1, 0.15) is 43.2 Å². The molecule has 0 unspecified atom stereocenters. The first kappa shape index (κ1) is 54.7. The van der Waals surface area contributed by atoms with Gasteiger partial charge in [0.25, 0.3) is 0 Å². The van der Waals surface area contributed by atoms with Gasteiger partial charge in [-0.1, -0.05) is 179 Å². The van der Waals surface area contributed by atoms with Crippen molar-refractivity contribution in [3.05, 3.63) is 108 Å². The summed E-state index contributed by atoms with van der Waals surface area (Å²) in [5.74, 6) is 2.45. The number of hydrogen-bond acceptors (Lipinski definition) is 8. The Bertz CT molecular complexity index is 1810. The van der Waals surface area contributed by atoms with Gasteiger partial charge in [-0.3, -0.25) is 0 Å². The molecule has 11 heteroatoms. The molecule has 0 aliphatic rings. The second-order valence-electron chi connectivity index (χ2n) is 15.8. The Labute approximate surface area is 399 Å². The Balaban J connectivity index is 0.000000413. The van der Waals surface area contributed by atoms with Gasteiger partial charge >= 0.3 is 37.7 Å². The van der Waals surface area contributed by atoms with Gasteiger partial charge < -0.3 is 18.6 Å². The SMILES string of the molecule is CCCCCCCCCCCCCc1cc(Oc2ccccc2)ccc1S(=O)(=O)[O-].CCCCCCCCCCCCCc1cc(Oc2ccccc2)ccc1S(=O)(=O)[O-].[Ca+2]. The Kier molecular flexibility index (Phi) is 28.9. The average Bonchev–Trinajstić information content (AvgIpc) is 3.22. The molecule has 0 amide bonds. The molecular formula is C50H70CaO8S2. The Hall–Kier alpha value is -2.44. The molecule has 0 aliphatic carbocycles. The van der Waals surface area contributed by atoms with Crippen LogP contribution in [0.3, 0.4) is 0 Å². The topological polar surface area (TPSA) is 133 Å². The molecule has 0 aromatic heterocycles. The molecular weight excluding hydrogens is 833 g/mol. The first-order chi connectivity index (χ1) is 29.0. The van der Waals surface area contributed by atoms with E-state index < -0.39 is 20.2 Å². The van der Waals surface area contributed by atoms with E-state index in [-0.39, 0.29) is 47.5 Å². The Morgan fingerprint density at radius 1 is 0.377 bits per heavy atom.